The van der Waals surface area contributed by atoms with Crippen molar-refractivity contribution in [2.45, 2.75) is 20.3 Å². The fourth-order valence-electron chi connectivity index (χ4n) is 1.65. The zero-order valence-corrected chi connectivity index (χ0v) is 16.9. The van der Waals surface area contributed by atoms with Crippen molar-refractivity contribution in [3.63, 3.8) is 0 Å². The summed E-state index contributed by atoms with van der Waals surface area (Å²) in [5.41, 5.74) is 1.31. The topological polar surface area (TPSA) is 3.24 Å². The van der Waals surface area contributed by atoms with Gasteiger partial charge in [-0.3, -0.25) is 6.08 Å². The van der Waals surface area contributed by atoms with Crippen molar-refractivity contribution >= 4 is 0 Å². The van der Waals surface area contributed by atoms with Crippen molar-refractivity contribution in [3.8, 4) is 0 Å². The van der Waals surface area contributed by atoms with E-state index in [4.69, 9.17) is 0 Å². The van der Waals surface area contributed by atoms with Crippen LogP contribution in [0, 0.1) is 12.5 Å². The Morgan fingerprint density at radius 3 is 2.00 bits per heavy atom. The molecule has 1 nitrogen and oxygen atoms in total. The minimum absolute atomic E-state index is 0. The van der Waals surface area contributed by atoms with E-state index < -0.39 is 0 Å². The number of benzene rings is 1. The van der Waals surface area contributed by atoms with Gasteiger partial charge in [0.15, 0.2) is 0 Å². The first-order valence-corrected chi connectivity index (χ1v) is 6.69. The average molecular weight is 396 g/mol. The van der Waals surface area contributed by atoms with Gasteiger partial charge in [0, 0.05) is 0 Å². The molecule has 0 aromatic heterocycles. The molecule has 0 saturated carbocycles. The minimum atomic E-state index is 0. The number of halogens is 3. The summed E-state index contributed by atoms with van der Waals surface area (Å²) < 4.78 is 0. The third kappa shape index (κ3) is 15.0. The second-order valence-corrected chi connectivity index (χ2v) is 4.10. The van der Waals surface area contributed by atoms with Crippen LogP contribution in [-0.4, -0.2) is 24.5 Å². The van der Waals surface area contributed by atoms with Gasteiger partial charge in [-0.1, -0.05) is 19.9 Å². The van der Waals surface area contributed by atoms with E-state index in [1.54, 1.807) is 0 Å². The number of hydrogen-bond donors (Lipinski definition) is 0. The first-order chi connectivity index (χ1) is 8.86. The molecular weight excluding hydrogens is 372 g/mol. The Bertz CT molecular complexity index is 355. The molecule has 2 rings (SSSR count). The first kappa shape index (κ1) is 30.0. The molecule has 22 heavy (non-hydrogen) atoms. The molecule has 0 heterocycles. The Hall–Kier alpha value is 0.114. The summed E-state index contributed by atoms with van der Waals surface area (Å²) in [5.74, 6) is 0. The normalized spacial score (nSPS) is 10.1. The fraction of sp³-hybridized carbons (Fsp3) is 0.353. The second kappa shape index (κ2) is 21.1. The summed E-state index contributed by atoms with van der Waals surface area (Å²) >= 11 is 0. The van der Waals surface area contributed by atoms with Gasteiger partial charge < -0.3 is 42.1 Å². The SMILES string of the molecule is CCN(CC)C[CH-]c1ccccc1.[C-]1=CC=CC1.[Cl-].[Cl-].[Cl-].[Ti+3]. The summed E-state index contributed by atoms with van der Waals surface area (Å²) in [5, 5.41) is 0. The molecule has 0 bridgehead atoms. The maximum atomic E-state index is 2.99. The van der Waals surface area contributed by atoms with Crippen molar-refractivity contribution in [2.75, 3.05) is 19.6 Å². The van der Waals surface area contributed by atoms with Crippen molar-refractivity contribution in [1.29, 1.82) is 0 Å². The van der Waals surface area contributed by atoms with Gasteiger partial charge in [0.25, 0.3) is 0 Å². The average Bonchev–Trinajstić information content (AvgIpc) is 3.00. The van der Waals surface area contributed by atoms with Gasteiger partial charge >= 0.3 is 21.7 Å². The van der Waals surface area contributed by atoms with Crippen LogP contribution in [0.1, 0.15) is 25.8 Å². The van der Waals surface area contributed by atoms with E-state index >= 15 is 0 Å². The number of allylic oxidation sites excluding steroid dienone is 4. The van der Waals surface area contributed by atoms with E-state index in [-0.39, 0.29) is 58.9 Å². The Morgan fingerprint density at radius 2 is 1.64 bits per heavy atom. The maximum Gasteiger partial charge on any atom is 3.00 e. The zero-order chi connectivity index (χ0) is 13.1. The number of rotatable bonds is 5. The Kier molecular flexibility index (Phi) is 28.8. The van der Waals surface area contributed by atoms with Crippen LogP contribution in [-0.2, 0) is 21.7 Å². The van der Waals surface area contributed by atoms with Crippen LogP contribution in [0.3, 0.4) is 0 Å². The van der Waals surface area contributed by atoms with Crippen molar-refractivity contribution in [3.05, 3.63) is 66.6 Å². The van der Waals surface area contributed by atoms with Gasteiger partial charge in [-0.2, -0.15) is 30.2 Å². The molecule has 0 fully saturated rings. The van der Waals surface area contributed by atoms with Gasteiger partial charge in [-0.05, 0) is 19.6 Å². The Balaban J connectivity index is -0.000000156. The molecule has 0 unspecified atom stereocenters. The standard InChI is InChI=1S/C12H18N.C5H5.3ClH.Ti/c1-3-13(4-2)11-10-12-8-6-5-7-9-12;1-2-4-5-3-1;;;;/h5-10H,3-4,11H2,1-2H3;1-3H,4H2;3*1H;/q2*-1;;;;+3/p-3. The molecule has 0 atom stereocenters. The van der Waals surface area contributed by atoms with E-state index in [2.05, 4.69) is 67.7 Å². The van der Waals surface area contributed by atoms with Crippen LogP contribution >= 0.6 is 0 Å². The van der Waals surface area contributed by atoms with Gasteiger partial charge in [-0.15, -0.1) is 18.6 Å². The smallest absolute Gasteiger partial charge is 1.00 e. The largest absolute Gasteiger partial charge is 3.00 e. The molecule has 1 aliphatic rings. The van der Waals surface area contributed by atoms with Crippen LogP contribution in [0.15, 0.2) is 48.6 Å². The summed E-state index contributed by atoms with van der Waals surface area (Å²) in [7, 11) is 0. The molecule has 0 spiro atoms. The summed E-state index contributed by atoms with van der Waals surface area (Å²) in [4.78, 5) is 2.40. The van der Waals surface area contributed by atoms with Crippen LogP contribution in [0.2, 0.25) is 0 Å². The maximum absolute atomic E-state index is 2.99. The molecule has 0 aliphatic heterocycles. The Labute approximate surface area is 169 Å². The van der Waals surface area contributed by atoms with Gasteiger partial charge in [-0.25, -0.2) is 12.2 Å². The first-order valence-electron chi connectivity index (χ1n) is 6.69. The van der Waals surface area contributed by atoms with Crippen molar-refractivity contribution in [1.82, 2.24) is 4.90 Å². The predicted molar refractivity (Wildman–Crippen MR) is 79.2 cm³/mol. The predicted octanol–water partition coefficient (Wildman–Crippen LogP) is -5.10. The zero-order valence-electron chi connectivity index (χ0n) is 13.1. The molecular formula is C17H23Cl3NTi-2. The van der Waals surface area contributed by atoms with E-state index in [9.17, 15) is 0 Å². The van der Waals surface area contributed by atoms with E-state index in [1.165, 1.54) is 5.56 Å². The summed E-state index contributed by atoms with van der Waals surface area (Å²) in [6, 6.07) is 10.5. The van der Waals surface area contributed by atoms with E-state index in [0.717, 1.165) is 26.1 Å². The fourth-order valence-corrected chi connectivity index (χ4v) is 1.65. The van der Waals surface area contributed by atoms with E-state index in [1.807, 2.05) is 12.2 Å². The quantitative estimate of drug-likeness (QED) is 0.356. The summed E-state index contributed by atoms with van der Waals surface area (Å²) in [6.07, 6.45) is 12.3. The monoisotopic (exact) mass is 394 g/mol. The number of nitrogens with zero attached hydrogens (tertiary/aromatic N) is 1. The van der Waals surface area contributed by atoms with Gasteiger partial charge in [0.2, 0.25) is 0 Å². The molecule has 123 valence electrons. The molecule has 0 N–H and O–H groups in total. The molecule has 1 aliphatic carbocycles. The van der Waals surface area contributed by atoms with Crippen LogP contribution in [0.5, 0.6) is 0 Å². The molecule has 1 aromatic carbocycles. The van der Waals surface area contributed by atoms with Crippen LogP contribution in [0.4, 0.5) is 0 Å². The number of hydrogen-bond acceptors (Lipinski definition) is 1. The third-order valence-corrected chi connectivity index (χ3v) is 2.87. The summed E-state index contributed by atoms with van der Waals surface area (Å²) in [6.45, 7) is 7.70. The van der Waals surface area contributed by atoms with Crippen molar-refractivity contribution in [2.24, 2.45) is 0 Å². The molecule has 1 aromatic rings. The Morgan fingerprint density at radius 1 is 1.05 bits per heavy atom. The van der Waals surface area contributed by atoms with Gasteiger partial charge in [0.05, 0.1) is 0 Å². The molecule has 1 radical (unpaired) electrons. The van der Waals surface area contributed by atoms with Gasteiger partial charge in [0.1, 0.15) is 0 Å². The van der Waals surface area contributed by atoms with E-state index in [0.29, 0.717) is 0 Å². The molecule has 0 amide bonds. The number of likely N-dealkylation sites (N-methyl/N-ethyl adjacent to an activating group) is 1. The minimum Gasteiger partial charge on any atom is -1.00 e. The molecule has 5 heteroatoms. The second-order valence-electron chi connectivity index (χ2n) is 4.10. The van der Waals surface area contributed by atoms with Crippen LogP contribution < -0.4 is 37.2 Å². The van der Waals surface area contributed by atoms with Crippen LogP contribution in [0.25, 0.3) is 0 Å². The molecule has 0 saturated heterocycles. The van der Waals surface area contributed by atoms with Crippen molar-refractivity contribution < 1.29 is 58.9 Å². The third-order valence-electron chi connectivity index (χ3n) is 2.87.